The second-order valence-electron chi connectivity index (χ2n) is 5.66. The van der Waals surface area contributed by atoms with Gasteiger partial charge in [0.05, 0.1) is 17.7 Å². The van der Waals surface area contributed by atoms with E-state index in [-0.39, 0.29) is 21.2 Å². The highest BCUT2D eigenvalue weighted by molar-refractivity contribution is 7.92. The van der Waals surface area contributed by atoms with Gasteiger partial charge in [0.25, 0.3) is 10.0 Å². The second kappa shape index (κ2) is 7.22. The molecule has 7 nitrogen and oxygen atoms in total. The first-order valence-electron chi connectivity index (χ1n) is 7.38. The van der Waals surface area contributed by atoms with Crippen LogP contribution in [0, 0.1) is 12.7 Å². The number of hydrogen-bond acceptors (Lipinski definition) is 5. The predicted octanol–water partition coefficient (Wildman–Crippen LogP) is 2.19. The van der Waals surface area contributed by atoms with Crippen LogP contribution in [0.25, 0.3) is 0 Å². The Hall–Kier alpha value is -2.17. The van der Waals surface area contributed by atoms with Crippen LogP contribution in [0.15, 0.2) is 46.2 Å². The van der Waals surface area contributed by atoms with E-state index in [1.807, 2.05) is 0 Å². The molecule has 0 bridgehead atoms. The Balaban J connectivity index is 2.53. The number of nitrogens with zero attached hydrogens (tertiary/aromatic N) is 1. The van der Waals surface area contributed by atoms with E-state index in [1.165, 1.54) is 45.5 Å². The summed E-state index contributed by atoms with van der Waals surface area (Å²) >= 11 is 0. The molecule has 10 heteroatoms. The Morgan fingerprint density at radius 2 is 1.69 bits per heavy atom. The molecule has 1 N–H and O–H groups in total. The second-order valence-corrected chi connectivity index (χ2v) is 9.47. The number of anilines is 1. The van der Waals surface area contributed by atoms with E-state index < -0.39 is 25.9 Å². The third-order valence-electron chi connectivity index (χ3n) is 3.65. The van der Waals surface area contributed by atoms with Crippen LogP contribution in [0.3, 0.4) is 0 Å². The van der Waals surface area contributed by atoms with Crippen molar-refractivity contribution < 1.29 is 26.0 Å². The van der Waals surface area contributed by atoms with Crippen LogP contribution in [0.1, 0.15) is 5.56 Å². The maximum atomic E-state index is 13.5. The molecule has 0 aliphatic heterocycles. The van der Waals surface area contributed by atoms with Gasteiger partial charge in [-0.2, -0.15) is 0 Å². The molecule has 0 atom stereocenters. The Labute approximate surface area is 152 Å². The van der Waals surface area contributed by atoms with Gasteiger partial charge in [0.1, 0.15) is 16.5 Å². The quantitative estimate of drug-likeness (QED) is 0.800. The first-order valence-corrected chi connectivity index (χ1v) is 10.3. The van der Waals surface area contributed by atoms with Gasteiger partial charge < -0.3 is 4.74 Å². The van der Waals surface area contributed by atoms with Gasteiger partial charge in [-0.1, -0.05) is 6.07 Å². The summed E-state index contributed by atoms with van der Waals surface area (Å²) in [6.07, 6.45) is 0. The number of halogens is 1. The highest BCUT2D eigenvalue weighted by atomic mass is 32.2. The van der Waals surface area contributed by atoms with Crippen molar-refractivity contribution in [1.82, 2.24) is 4.31 Å². The topological polar surface area (TPSA) is 92.8 Å². The maximum Gasteiger partial charge on any atom is 0.265 e. The fourth-order valence-electron chi connectivity index (χ4n) is 2.14. The van der Waals surface area contributed by atoms with Crippen molar-refractivity contribution in [3.8, 4) is 5.75 Å². The summed E-state index contributed by atoms with van der Waals surface area (Å²) in [5.41, 5.74) is 0.570. The number of methoxy groups -OCH3 is 1. The minimum Gasteiger partial charge on any atom is -0.495 e. The van der Waals surface area contributed by atoms with E-state index in [9.17, 15) is 21.2 Å². The number of rotatable bonds is 6. The Morgan fingerprint density at radius 1 is 1.04 bits per heavy atom. The SMILES string of the molecule is COc1ccc(F)cc1S(=O)(=O)Nc1cc(S(=O)(=O)N(C)C)ccc1C. The number of ether oxygens (including phenoxy) is 1. The van der Waals surface area contributed by atoms with Gasteiger partial charge in [-0.05, 0) is 42.8 Å². The number of nitrogens with one attached hydrogen (secondary N) is 1. The Kier molecular flexibility index (Phi) is 5.59. The summed E-state index contributed by atoms with van der Waals surface area (Å²) in [6.45, 7) is 1.62. The lowest BCUT2D eigenvalue weighted by Gasteiger charge is -2.16. The fourth-order valence-corrected chi connectivity index (χ4v) is 4.37. The van der Waals surface area contributed by atoms with Crippen molar-refractivity contribution in [3.05, 3.63) is 47.8 Å². The van der Waals surface area contributed by atoms with Gasteiger partial charge in [0.2, 0.25) is 10.0 Å². The molecule has 0 saturated carbocycles. The highest BCUT2D eigenvalue weighted by Crippen LogP contribution is 2.29. The molecule has 2 aromatic carbocycles. The van der Waals surface area contributed by atoms with Crippen molar-refractivity contribution in [1.29, 1.82) is 0 Å². The molecule has 0 saturated heterocycles. The van der Waals surface area contributed by atoms with Crippen LogP contribution < -0.4 is 9.46 Å². The summed E-state index contributed by atoms with van der Waals surface area (Å²) in [7, 11) is -3.94. The minimum atomic E-state index is -4.21. The third-order valence-corrected chi connectivity index (χ3v) is 6.84. The van der Waals surface area contributed by atoms with E-state index >= 15 is 0 Å². The molecule has 142 valence electrons. The molecule has 0 amide bonds. The van der Waals surface area contributed by atoms with Crippen LogP contribution in [0.5, 0.6) is 5.75 Å². The van der Waals surface area contributed by atoms with Crippen LogP contribution in [-0.2, 0) is 20.0 Å². The molecule has 0 unspecified atom stereocenters. The van der Waals surface area contributed by atoms with Crippen molar-refractivity contribution in [3.63, 3.8) is 0 Å². The minimum absolute atomic E-state index is 0.0337. The summed E-state index contributed by atoms with van der Waals surface area (Å²) < 4.78 is 71.6. The fraction of sp³-hybridized carbons (Fsp3) is 0.250. The molecule has 26 heavy (non-hydrogen) atoms. The molecular formula is C16H19FN2O5S2. The van der Waals surface area contributed by atoms with Crippen LogP contribution in [0.2, 0.25) is 0 Å². The molecule has 0 aliphatic rings. The summed E-state index contributed by atoms with van der Waals surface area (Å²) in [5.74, 6) is -0.777. The number of benzene rings is 2. The normalized spacial score (nSPS) is 12.2. The highest BCUT2D eigenvalue weighted by Gasteiger charge is 2.23. The van der Waals surface area contributed by atoms with Gasteiger partial charge >= 0.3 is 0 Å². The van der Waals surface area contributed by atoms with Gasteiger partial charge in [0, 0.05) is 14.1 Å². The first kappa shape index (κ1) is 20.1. The molecule has 0 spiro atoms. The number of sulfonamides is 2. The smallest absolute Gasteiger partial charge is 0.265 e. The van der Waals surface area contributed by atoms with E-state index in [1.54, 1.807) is 6.92 Å². The Bertz CT molecular complexity index is 1030. The molecule has 2 aromatic rings. The van der Waals surface area contributed by atoms with E-state index in [0.29, 0.717) is 5.56 Å². The average molecular weight is 402 g/mol. The van der Waals surface area contributed by atoms with Crippen LogP contribution in [0.4, 0.5) is 10.1 Å². The summed E-state index contributed by atoms with van der Waals surface area (Å²) in [5, 5.41) is 0. The molecular weight excluding hydrogens is 383 g/mol. The standard InChI is InChI=1S/C16H19FN2O5S2/c1-11-5-7-13(26(22,23)19(2)3)10-14(11)18-25(20,21)16-9-12(17)6-8-15(16)24-4/h5-10,18H,1-4H3. The van der Waals surface area contributed by atoms with E-state index in [2.05, 4.69) is 4.72 Å². The van der Waals surface area contributed by atoms with Crippen molar-refractivity contribution in [2.45, 2.75) is 16.7 Å². The molecule has 2 rings (SSSR count). The zero-order chi connectivity index (χ0) is 19.7. The maximum absolute atomic E-state index is 13.5. The van der Waals surface area contributed by atoms with Gasteiger partial charge in [-0.15, -0.1) is 0 Å². The number of hydrogen-bond donors (Lipinski definition) is 1. The van der Waals surface area contributed by atoms with Crippen molar-refractivity contribution >= 4 is 25.7 Å². The summed E-state index contributed by atoms with van der Waals surface area (Å²) in [4.78, 5) is -0.461. The van der Waals surface area contributed by atoms with Gasteiger partial charge in [0.15, 0.2) is 0 Å². The average Bonchev–Trinajstić information content (AvgIpc) is 2.56. The molecule has 0 aromatic heterocycles. The summed E-state index contributed by atoms with van der Waals surface area (Å²) in [6, 6.07) is 7.18. The molecule has 0 heterocycles. The largest absolute Gasteiger partial charge is 0.495 e. The zero-order valence-electron chi connectivity index (χ0n) is 14.6. The van der Waals surface area contributed by atoms with Crippen LogP contribution in [-0.4, -0.2) is 42.3 Å². The Morgan fingerprint density at radius 3 is 2.27 bits per heavy atom. The van der Waals surface area contributed by atoms with E-state index in [4.69, 9.17) is 4.74 Å². The van der Waals surface area contributed by atoms with Gasteiger partial charge in [-0.25, -0.2) is 25.5 Å². The number of aryl methyl sites for hydroxylation is 1. The lowest BCUT2D eigenvalue weighted by Crippen LogP contribution is -2.22. The first-order chi connectivity index (χ1) is 12.0. The van der Waals surface area contributed by atoms with Crippen molar-refractivity contribution in [2.24, 2.45) is 0 Å². The molecule has 0 fully saturated rings. The zero-order valence-corrected chi connectivity index (χ0v) is 16.3. The lowest BCUT2D eigenvalue weighted by atomic mass is 10.2. The van der Waals surface area contributed by atoms with Gasteiger partial charge in [-0.3, -0.25) is 4.72 Å². The monoisotopic (exact) mass is 402 g/mol. The van der Waals surface area contributed by atoms with Crippen molar-refractivity contribution in [2.75, 3.05) is 25.9 Å². The third kappa shape index (κ3) is 3.97. The predicted molar refractivity (Wildman–Crippen MR) is 95.8 cm³/mol. The molecule has 0 aliphatic carbocycles. The van der Waals surface area contributed by atoms with E-state index in [0.717, 1.165) is 16.4 Å². The van der Waals surface area contributed by atoms with Crippen LogP contribution >= 0.6 is 0 Å². The molecule has 0 radical (unpaired) electrons. The lowest BCUT2D eigenvalue weighted by molar-refractivity contribution is 0.401.